The van der Waals surface area contributed by atoms with Crippen LogP contribution in [0.5, 0.6) is 5.75 Å². The molecule has 4 heteroatoms. The molecular weight excluding hydrogens is 278 g/mol. The van der Waals surface area contributed by atoms with Gasteiger partial charge in [0, 0.05) is 0 Å². The lowest BCUT2D eigenvalue weighted by atomic mass is 9.96. The van der Waals surface area contributed by atoms with E-state index in [0.29, 0.717) is 5.39 Å². The Balaban J connectivity index is 2.23. The van der Waals surface area contributed by atoms with E-state index in [1.165, 1.54) is 6.07 Å². The average molecular weight is 289 g/mol. The number of nitro groups is 1. The van der Waals surface area contributed by atoms with E-state index in [2.05, 4.69) is 0 Å². The molecule has 106 valence electrons. The molecule has 1 N–H and O–H groups in total. The first kappa shape index (κ1) is 12.6. The van der Waals surface area contributed by atoms with Gasteiger partial charge >= 0.3 is 5.69 Å². The Bertz CT molecular complexity index is 1070. The molecule has 0 saturated carbocycles. The molecule has 22 heavy (non-hydrogen) atoms. The number of hydrogen-bond donors (Lipinski definition) is 1. The van der Waals surface area contributed by atoms with Crippen LogP contribution in [0.25, 0.3) is 32.3 Å². The van der Waals surface area contributed by atoms with Gasteiger partial charge in [-0.3, -0.25) is 10.1 Å². The summed E-state index contributed by atoms with van der Waals surface area (Å²) in [6, 6.07) is 18.7. The quantitative estimate of drug-likeness (QED) is 0.312. The Morgan fingerprint density at radius 2 is 1.32 bits per heavy atom. The van der Waals surface area contributed by atoms with Crippen molar-refractivity contribution in [3.8, 4) is 5.75 Å². The third-order valence-corrected chi connectivity index (χ3v) is 4.06. The molecule has 0 amide bonds. The molecule has 0 spiro atoms. The number of benzene rings is 4. The van der Waals surface area contributed by atoms with Gasteiger partial charge in [-0.05, 0) is 45.1 Å². The predicted molar refractivity (Wildman–Crippen MR) is 87.3 cm³/mol. The molecule has 0 aromatic heterocycles. The standard InChI is InChI=1S/C18H11NO3/c20-17-10-9-15-14-6-5-11-3-1-2-4-12(11)13(14)7-8-16(15)18(17)19(21)22/h1-10,20H. The summed E-state index contributed by atoms with van der Waals surface area (Å²) in [6.07, 6.45) is 0. The number of fused-ring (bicyclic) bond motifs is 5. The molecule has 4 aromatic rings. The summed E-state index contributed by atoms with van der Waals surface area (Å²) in [5, 5.41) is 26.5. The maximum absolute atomic E-state index is 11.2. The highest BCUT2D eigenvalue weighted by Crippen LogP contribution is 2.39. The third kappa shape index (κ3) is 1.64. The van der Waals surface area contributed by atoms with Gasteiger partial charge in [0.1, 0.15) is 0 Å². The normalized spacial score (nSPS) is 11.3. The molecule has 0 radical (unpaired) electrons. The lowest BCUT2D eigenvalue weighted by Crippen LogP contribution is -1.91. The van der Waals surface area contributed by atoms with Crippen LogP contribution in [0.2, 0.25) is 0 Å². The first-order chi connectivity index (χ1) is 10.7. The molecule has 0 heterocycles. The number of hydrogen-bond acceptors (Lipinski definition) is 3. The summed E-state index contributed by atoms with van der Waals surface area (Å²) in [7, 11) is 0. The van der Waals surface area contributed by atoms with E-state index in [1.807, 2.05) is 42.5 Å². The fourth-order valence-electron chi connectivity index (χ4n) is 3.07. The fraction of sp³-hybridized carbons (Fsp3) is 0. The molecule has 0 unspecified atom stereocenters. The van der Waals surface area contributed by atoms with Crippen LogP contribution in [-0.2, 0) is 0 Å². The summed E-state index contributed by atoms with van der Waals surface area (Å²) >= 11 is 0. The summed E-state index contributed by atoms with van der Waals surface area (Å²) in [5.74, 6) is -0.308. The third-order valence-electron chi connectivity index (χ3n) is 4.06. The second kappa shape index (κ2) is 4.43. The van der Waals surface area contributed by atoms with Crippen molar-refractivity contribution in [3.05, 3.63) is 70.8 Å². The Kier molecular flexibility index (Phi) is 2.53. The van der Waals surface area contributed by atoms with E-state index >= 15 is 0 Å². The van der Waals surface area contributed by atoms with Crippen molar-refractivity contribution in [1.82, 2.24) is 0 Å². The molecule has 0 aliphatic carbocycles. The number of nitro benzene ring substituents is 1. The van der Waals surface area contributed by atoms with Crippen LogP contribution in [0, 0.1) is 10.1 Å². The largest absolute Gasteiger partial charge is 0.502 e. The smallest absolute Gasteiger partial charge is 0.318 e. The minimum atomic E-state index is -0.537. The number of phenolic OH excluding ortho intramolecular Hbond substituents is 1. The molecule has 0 bridgehead atoms. The van der Waals surface area contributed by atoms with Crippen LogP contribution in [0.4, 0.5) is 5.69 Å². The average Bonchev–Trinajstić information content (AvgIpc) is 2.53. The maximum Gasteiger partial charge on any atom is 0.318 e. The van der Waals surface area contributed by atoms with Gasteiger partial charge < -0.3 is 5.11 Å². The molecule has 0 saturated heterocycles. The predicted octanol–water partition coefficient (Wildman–Crippen LogP) is 4.76. The lowest BCUT2D eigenvalue weighted by Gasteiger charge is -2.08. The van der Waals surface area contributed by atoms with Gasteiger partial charge in [0.15, 0.2) is 5.75 Å². The van der Waals surface area contributed by atoms with Crippen LogP contribution in [0.1, 0.15) is 0 Å². The van der Waals surface area contributed by atoms with Gasteiger partial charge in [-0.25, -0.2) is 0 Å². The maximum atomic E-state index is 11.2. The molecule has 4 aromatic carbocycles. The van der Waals surface area contributed by atoms with Crippen LogP contribution in [0.3, 0.4) is 0 Å². The van der Waals surface area contributed by atoms with Crippen molar-refractivity contribution in [2.24, 2.45) is 0 Å². The monoisotopic (exact) mass is 289 g/mol. The second-order valence-corrected chi connectivity index (χ2v) is 5.23. The van der Waals surface area contributed by atoms with Gasteiger partial charge in [0.25, 0.3) is 0 Å². The van der Waals surface area contributed by atoms with Crippen LogP contribution >= 0.6 is 0 Å². The number of nitrogens with zero attached hydrogens (tertiary/aromatic N) is 1. The van der Waals surface area contributed by atoms with E-state index < -0.39 is 4.92 Å². The van der Waals surface area contributed by atoms with E-state index in [-0.39, 0.29) is 11.4 Å². The van der Waals surface area contributed by atoms with Crippen molar-refractivity contribution < 1.29 is 10.0 Å². The van der Waals surface area contributed by atoms with Crippen LogP contribution in [0.15, 0.2) is 60.7 Å². The number of aromatic hydroxyl groups is 1. The highest BCUT2D eigenvalue weighted by molar-refractivity contribution is 6.18. The first-order valence-corrected chi connectivity index (χ1v) is 6.87. The van der Waals surface area contributed by atoms with Crippen molar-refractivity contribution in [2.45, 2.75) is 0 Å². The Hall–Kier alpha value is -3.14. The lowest BCUT2D eigenvalue weighted by molar-refractivity contribution is -0.384. The van der Waals surface area contributed by atoms with E-state index in [9.17, 15) is 15.2 Å². The van der Waals surface area contributed by atoms with E-state index in [0.717, 1.165) is 26.9 Å². The molecule has 4 nitrogen and oxygen atoms in total. The second-order valence-electron chi connectivity index (χ2n) is 5.23. The van der Waals surface area contributed by atoms with E-state index in [4.69, 9.17) is 0 Å². The van der Waals surface area contributed by atoms with Crippen molar-refractivity contribution in [3.63, 3.8) is 0 Å². The van der Waals surface area contributed by atoms with Crippen molar-refractivity contribution in [2.75, 3.05) is 0 Å². The summed E-state index contributed by atoms with van der Waals surface area (Å²) in [4.78, 5) is 10.7. The summed E-state index contributed by atoms with van der Waals surface area (Å²) in [5.41, 5.74) is -0.243. The van der Waals surface area contributed by atoms with Gasteiger partial charge in [0.05, 0.1) is 10.3 Å². The zero-order valence-corrected chi connectivity index (χ0v) is 11.5. The minimum absolute atomic E-state index is 0.243. The van der Waals surface area contributed by atoms with Crippen molar-refractivity contribution in [1.29, 1.82) is 0 Å². The molecule has 4 rings (SSSR count). The molecular formula is C18H11NO3. The SMILES string of the molecule is O=[N+]([O-])c1c(O)ccc2c1ccc1c3ccccc3ccc21. The van der Waals surface area contributed by atoms with Gasteiger partial charge in [-0.1, -0.05) is 42.5 Å². The molecule has 0 aliphatic rings. The zero-order chi connectivity index (χ0) is 15.3. The first-order valence-electron chi connectivity index (χ1n) is 6.87. The summed E-state index contributed by atoms with van der Waals surface area (Å²) in [6.45, 7) is 0. The molecule has 0 atom stereocenters. The van der Waals surface area contributed by atoms with Gasteiger partial charge in [0.2, 0.25) is 0 Å². The molecule has 0 aliphatic heterocycles. The zero-order valence-electron chi connectivity index (χ0n) is 11.5. The van der Waals surface area contributed by atoms with Crippen molar-refractivity contribution >= 4 is 38.0 Å². The minimum Gasteiger partial charge on any atom is -0.502 e. The Morgan fingerprint density at radius 3 is 2.14 bits per heavy atom. The Labute approximate surface area is 125 Å². The summed E-state index contributed by atoms with van der Waals surface area (Å²) < 4.78 is 0. The highest BCUT2D eigenvalue weighted by atomic mass is 16.6. The number of phenols is 1. The van der Waals surface area contributed by atoms with Crippen LogP contribution < -0.4 is 0 Å². The van der Waals surface area contributed by atoms with Gasteiger partial charge in [-0.15, -0.1) is 0 Å². The fourth-order valence-corrected chi connectivity index (χ4v) is 3.07. The molecule has 0 fully saturated rings. The number of rotatable bonds is 1. The highest BCUT2D eigenvalue weighted by Gasteiger charge is 2.19. The van der Waals surface area contributed by atoms with Crippen LogP contribution in [-0.4, -0.2) is 10.0 Å². The topological polar surface area (TPSA) is 63.4 Å². The van der Waals surface area contributed by atoms with Gasteiger partial charge in [-0.2, -0.15) is 0 Å². The Morgan fingerprint density at radius 1 is 0.727 bits per heavy atom. The van der Waals surface area contributed by atoms with E-state index in [1.54, 1.807) is 12.1 Å².